The van der Waals surface area contributed by atoms with Gasteiger partial charge < -0.3 is 5.21 Å². The lowest BCUT2D eigenvalue weighted by Crippen LogP contribution is -1.81. The van der Waals surface area contributed by atoms with Crippen LogP contribution in [0.15, 0.2) is 29.3 Å². The lowest BCUT2D eigenvalue weighted by atomic mass is 10.2. The van der Waals surface area contributed by atoms with Gasteiger partial charge in [-0.25, -0.2) is 0 Å². The third-order valence-corrected chi connectivity index (χ3v) is 1.37. The second-order valence-electron chi connectivity index (χ2n) is 2.23. The Morgan fingerprint density at radius 2 is 2.07 bits per heavy atom. The van der Waals surface area contributed by atoms with Gasteiger partial charge in [0.05, 0.1) is 10.8 Å². The third-order valence-electron chi connectivity index (χ3n) is 1.28. The fraction of sp³-hybridized carbons (Fsp3) is 0.125. The average molecular weight is 212 g/mol. The molecule has 0 fully saturated rings. The van der Waals surface area contributed by atoms with Gasteiger partial charge >= 0.3 is 0 Å². The highest BCUT2D eigenvalue weighted by Crippen LogP contribution is 2.15. The molecule has 14 heavy (non-hydrogen) atoms. The highest BCUT2D eigenvalue weighted by atomic mass is 32.1. The fourth-order valence-corrected chi connectivity index (χ4v) is 0.836. The van der Waals surface area contributed by atoms with Crippen molar-refractivity contribution in [1.82, 2.24) is 0 Å². The van der Waals surface area contributed by atoms with Crippen LogP contribution in [0.4, 0.5) is 5.69 Å². The number of hydrogen-bond acceptors (Lipinski definition) is 4. The highest BCUT2D eigenvalue weighted by molar-refractivity contribution is 7.78. The van der Waals surface area contributed by atoms with Gasteiger partial charge in [0.25, 0.3) is 5.09 Å². The molecule has 0 aliphatic rings. The molecule has 1 aromatic carbocycles. The molecule has 0 radical (unpaired) electrons. The minimum absolute atomic E-state index is 0.900. The Labute approximate surface area is 85.8 Å². The Bertz CT molecular complexity index is 357. The fourth-order valence-electron chi connectivity index (χ4n) is 0.738. The lowest BCUT2D eigenvalue weighted by molar-refractivity contribution is -0.742. The van der Waals surface area contributed by atoms with E-state index in [0.29, 0.717) is 0 Å². The summed E-state index contributed by atoms with van der Waals surface area (Å²) in [5.74, 6) is 0. The number of hydrogen-bond donors (Lipinski definition) is 1. The quantitative estimate of drug-likeness (QED) is 0.335. The van der Waals surface area contributed by atoms with Crippen molar-refractivity contribution in [1.29, 1.82) is 0 Å². The first kappa shape index (κ1) is 12.2. The normalized spacial score (nSPS) is 7.79. The first-order chi connectivity index (χ1) is 6.57. The van der Waals surface area contributed by atoms with Crippen molar-refractivity contribution < 1.29 is 10.3 Å². The van der Waals surface area contributed by atoms with Crippen LogP contribution in [-0.2, 0) is 0 Å². The van der Waals surface area contributed by atoms with Gasteiger partial charge in [0.2, 0.25) is 0 Å². The number of isothiocyanates is 1. The Kier molecular flexibility index (Phi) is 5.85. The smallest absolute Gasteiger partial charge is 0.291 e. The topological polar surface area (TPSA) is 75.7 Å². The van der Waals surface area contributed by atoms with Crippen molar-refractivity contribution in [2.45, 2.75) is 6.92 Å². The van der Waals surface area contributed by atoms with E-state index in [4.69, 9.17) is 15.3 Å². The zero-order valence-electron chi connectivity index (χ0n) is 7.38. The number of aliphatic imine (C=N–C) groups is 1. The van der Waals surface area contributed by atoms with Gasteiger partial charge in [0.15, 0.2) is 0 Å². The van der Waals surface area contributed by atoms with Crippen LogP contribution < -0.4 is 0 Å². The molecule has 74 valence electrons. The summed E-state index contributed by atoms with van der Waals surface area (Å²) >= 11 is 4.48. The number of benzene rings is 1. The predicted molar refractivity (Wildman–Crippen MR) is 54.6 cm³/mol. The van der Waals surface area contributed by atoms with E-state index in [0.717, 1.165) is 11.3 Å². The summed E-state index contributed by atoms with van der Waals surface area (Å²) in [5.41, 5.74) is 2.03. The Hall–Kier alpha value is -1.78. The number of nitrogens with zero attached hydrogens (tertiary/aromatic N) is 2. The van der Waals surface area contributed by atoms with Gasteiger partial charge in [-0.2, -0.15) is 4.99 Å². The molecule has 1 N–H and O–H groups in total. The van der Waals surface area contributed by atoms with Crippen LogP contribution in [0.3, 0.4) is 0 Å². The van der Waals surface area contributed by atoms with Gasteiger partial charge in [-0.05, 0) is 30.8 Å². The van der Waals surface area contributed by atoms with E-state index < -0.39 is 5.09 Å². The van der Waals surface area contributed by atoms with Crippen molar-refractivity contribution >= 4 is 23.1 Å². The van der Waals surface area contributed by atoms with Crippen LogP contribution in [0, 0.1) is 17.0 Å². The Morgan fingerprint density at radius 1 is 1.57 bits per heavy atom. The van der Waals surface area contributed by atoms with E-state index >= 15 is 0 Å². The maximum Gasteiger partial charge on any atom is 0.291 e. The zero-order chi connectivity index (χ0) is 11.0. The summed E-state index contributed by atoms with van der Waals surface area (Å²) in [6.45, 7) is 1.99. The Morgan fingerprint density at radius 3 is 2.50 bits per heavy atom. The predicted octanol–water partition coefficient (Wildman–Crippen LogP) is 2.38. The van der Waals surface area contributed by atoms with E-state index in [1.165, 1.54) is 0 Å². The minimum atomic E-state index is -1.50. The van der Waals surface area contributed by atoms with E-state index in [9.17, 15) is 0 Å². The van der Waals surface area contributed by atoms with E-state index in [1.54, 1.807) is 0 Å². The van der Waals surface area contributed by atoms with Gasteiger partial charge in [-0.3, -0.25) is 0 Å². The molecule has 5 nitrogen and oxygen atoms in total. The van der Waals surface area contributed by atoms with Gasteiger partial charge in [-0.15, -0.1) is 10.1 Å². The molecule has 0 aromatic heterocycles. The summed E-state index contributed by atoms with van der Waals surface area (Å²) in [6.07, 6.45) is 0. The molecule has 0 amide bonds. The maximum absolute atomic E-state index is 8.36. The second kappa shape index (κ2) is 6.71. The molecule has 0 saturated heterocycles. The van der Waals surface area contributed by atoms with Crippen LogP contribution in [0.5, 0.6) is 0 Å². The molecule has 6 heteroatoms. The molecular weight excluding hydrogens is 204 g/mol. The number of rotatable bonds is 1. The van der Waals surface area contributed by atoms with Crippen LogP contribution >= 0.6 is 12.2 Å². The summed E-state index contributed by atoms with van der Waals surface area (Å²) in [5, 5.41) is 16.0. The summed E-state index contributed by atoms with van der Waals surface area (Å²) < 4.78 is 0. The molecule has 0 aliphatic carbocycles. The molecule has 0 saturated carbocycles. The standard InChI is InChI=1S/C8H7NS.HNO3/c1-7-4-2-3-5-8(7)9-6-10;2-1(3)4/h2-5H,1H3;(H,2,3,4). The van der Waals surface area contributed by atoms with Gasteiger partial charge in [-0.1, -0.05) is 18.2 Å². The van der Waals surface area contributed by atoms with Crippen molar-refractivity contribution in [2.75, 3.05) is 0 Å². The van der Waals surface area contributed by atoms with Crippen LogP contribution in [0.25, 0.3) is 0 Å². The van der Waals surface area contributed by atoms with Crippen molar-refractivity contribution in [3.05, 3.63) is 39.9 Å². The van der Waals surface area contributed by atoms with Crippen LogP contribution in [-0.4, -0.2) is 15.5 Å². The largest absolute Gasteiger partial charge is 0.328 e. The lowest BCUT2D eigenvalue weighted by Gasteiger charge is -1.93. The molecule has 0 unspecified atom stereocenters. The highest BCUT2D eigenvalue weighted by Gasteiger charge is 1.89. The maximum atomic E-state index is 8.36. The first-order valence-electron chi connectivity index (χ1n) is 3.54. The van der Waals surface area contributed by atoms with E-state index in [1.807, 2.05) is 31.2 Å². The minimum Gasteiger partial charge on any atom is -0.328 e. The van der Waals surface area contributed by atoms with Gasteiger partial charge in [0, 0.05) is 0 Å². The molecule has 0 aliphatic heterocycles. The molecule has 0 atom stereocenters. The van der Waals surface area contributed by atoms with Crippen molar-refractivity contribution in [3.8, 4) is 0 Å². The zero-order valence-corrected chi connectivity index (χ0v) is 8.19. The van der Waals surface area contributed by atoms with Crippen LogP contribution in [0.2, 0.25) is 0 Å². The molecule has 1 aromatic rings. The summed E-state index contributed by atoms with van der Waals surface area (Å²) in [6, 6.07) is 7.80. The summed E-state index contributed by atoms with van der Waals surface area (Å²) in [7, 11) is 0. The molecular formula is C8H8N2O3S. The molecule has 1 rings (SSSR count). The third kappa shape index (κ3) is 5.82. The van der Waals surface area contributed by atoms with Crippen molar-refractivity contribution in [2.24, 2.45) is 4.99 Å². The van der Waals surface area contributed by atoms with E-state index in [-0.39, 0.29) is 0 Å². The first-order valence-corrected chi connectivity index (χ1v) is 3.95. The van der Waals surface area contributed by atoms with E-state index in [2.05, 4.69) is 22.4 Å². The number of para-hydroxylation sites is 1. The molecule has 0 bridgehead atoms. The van der Waals surface area contributed by atoms with Crippen molar-refractivity contribution in [3.63, 3.8) is 0 Å². The van der Waals surface area contributed by atoms with Crippen LogP contribution in [0.1, 0.15) is 5.56 Å². The monoisotopic (exact) mass is 212 g/mol. The average Bonchev–Trinajstić information content (AvgIpc) is 2.08. The summed E-state index contributed by atoms with van der Waals surface area (Å²) in [4.78, 5) is 12.2. The van der Waals surface area contributed by atoms with Gasteiger partial charge in [0.1, 0.15) is 0 Å². The number of aryl methyl sites for hydroxylation is 1. The number of thiocarbonyl (C=S) groups is 1. The molecule has 0 spiro atoms. The Balaban J connectivity index is 0.000000364. The SMILES string of the molecule is Cc1ccccc1N=C=S.O=[N+]([O-])O. The second-order valence-corrected chi connectivity index (χ2v) is 2.41. The molecule has 0 heterocycles.